The predicted octanol–water partition coefficient (Wildman–Crippen LogP) is 1.68. The molecule has 1 heterocycles. The van der Waals surface area contributed by atoms with E-state index in [1.165, 1.54) is 0 Å². The van der Waals surface area contributed by atoms with E-state index < -0.39 is 18.0 Å². The Kier molecular flexibility index (Phi) is 6.34. The number of rotatable bonds is 7. The molecule has 0 radical (unpaired) electrons. The topological polar surface area (TPSA) is 76.1 Å². The molecule has 6 nitrogen and oxygen atoms in total. The number of nitrogens with zero attached hydrogens (tertiary/aromatic N) is 1. The molecule has 132 valence electrons. The molecule has 1 aliphatic rings. The average Bonchev–Trinajstić information content (AvgIpc) is 2.93. The summed E-state index contributed by atoms with van der Waals surface area (Å²) in [4.78, 5) is 25.9. The number of hydrogen-bond donors (Lipinski definition) is 1. The van der Waals surface area contributed by atoms with Gasteiger partial charge in [-0.25, -0.2) is 0 Å². The molecule has 0 bridgehead atoms. The molecule has 1 aliphatic heterocycles. The second-order valence-electron chi connectivity index (χ2n) is 6.41. The molecule has 0 unspecified atom stereocenters. The van der Waals surface area contributed by atoms with E-state index in [4.69, 9.17) is 9.47 Å². The van der Waals surface area contributed by atoms with Crippen molar-refractivity contribution in [2.75, 3.05) is 24.7 Å². The summed E-state index contributed by atoms with van der Waals surface area (Å²) >= 11 is 0. The summed E-state index contributed by atoms with van der Waals surface area (Å²) in [6.45, 7) is 6.00. The second kappa shape index (κ2) is 8.26. The van der Waals surface area contributed by atoms with E-state index in [9.17, 15) is 14.7 Å². The summed E-state index contributed by atoms with van der Waals surface area (Å²) in [7, 11) is 0. The second-order valence-corrected chi connectivity index (χ2v) is 6.41. The molecular formula is C18H25NO5. The van der Waals surface area contributed by atoms with Crippen molar-refractivity contribution in [3.8, 4) is 0 Å². The van der Waals surface area contributed by atoms with Crippen LogP contribution < -0.4 is 4.90 Å². The number of benzene rings is 1. The van der Waals surface area contributed by atoms with Gasteiger partial charge in [-0.15, -0.1) is 0 Å². The van der Waals surface area contributed by atoms with Gasteiger partial charge in [-0.2, -0.15) is 0 Å². The largest absolute Gasteiger partial charge is 0.463 e. The SMILES string of the molecule is Cc1ccc(N2C[C@@H](C(=O)OC[C@H](O)COC(C)C)CC2=O)cc1. The third-order valence-electron chi connectivity index (χ3n) is 3.84. The van der Waals surface area contributed by atoms with Gasteiger partial charge in [0.25, 0.3) is 0 Å². The first-order valence-corrected chi connectivity index (χ1v) is 8.20. The Hall–Kier alpha value is -1.92. The van der Waals surface area contributed by atoms with Crippen molar-refractivity contribution in [3.05, 3.63) is 29.8 Å². The summed E-state index contributed by atoms with van der Waals surface area (Å²) in [5, 5.41) is 9.72. The van der Waals surface area contributed by atoms with Crippen molar-refractivity contribution in [3.63, 3.8) is 0 Å². The molecule has 1 fully saturated rings. The third-order valence-corrected chi connectivity index (χ3v) is 3.84. The van der Waals surface area contributed by atoms with Gasteiger partial charge >= 0.3 is 5.97 Å². The van der Waals surface area contributed by atoms with Crippen molar-refractivity contribution in [2.24, 2.45) is 5.92 Å². The Labute approximate surface area is 142 Å². The van der Waals surface area contributed by atoms with Crippen LogP contribution in [-0.2, 0) is 19.1 Å². The van der Waals surface area contributed by atoms with Crippen LogP contribution in [0.1, 0.15) is 25.8 Å². The van der Waals surface area contributed by atoms with Gasteiger partial charge in [0.05, 0.1) is 18.6 Å². The standard InChI is InChI=1S/C18H25NO5/c1-12(2)23-10-16(20)11-24-18(22)14-8-17(21)19(9-14)15-6-4-13(3)5-7-15/h4-7,12,14,16,20H,8-11H2,1-3H3/t14-,16+/m0/s1. The van der Waals surface area contributed by atoms with Crippen molar-refractivity contribution >= 4 is 17.6 Å². The van der Waals surface area contributed by atoms with E-state index in [1.807, 2.05) is 45.0 Å². The average molecular weight is 335 g/mol. The Morgan fingerprint density at radius 2 is 1.96 bits per heavy atom. The molecule has 24 heavy (non-hydrogen) atoms. The normalized spacial score (nSPS) is 19.0. The maximum absolute atomic E-state index is 12.1. The fourth-order valence-corrected chi connectivity index (χ4v) is 2.49. The van der Waals surface area contributed by atoms with Gasteiger partial charge in [0, 0.05) is 18.7 Å². The van der Waals surface area contributed by atoms with E-state index in [1.54, 1.807) is 4.90 Å². The fraction of sp³-hybridized carbons (Fsp3) is 0.556. The van der Waals surface area contributed by atoms with Gasteiger partial charge in [0.15, 0.2) is 0 Å². The number of carbonyl (C=O) groups excluding carboxylic acids is 2. The van der Waals surface area contributed by atoms with Crippen molar-refractivity contribution in [2.45, 2.75) is 39.4 Å². The van der Waals surface area contributed by atoms with Crippen molar-refractivity contribution in [1.29, 1.82) is 0 Å². The van der Waals surface area contributed by atoms with Crippen LogP contribution in [0.25, 0.3) is 0 Å². The van der Waals surface area contributed by atoms with Crippen molar-refractivity contribution < 1.29 is 24.2 Å². The highest BCUT2D eigenvalue weighted by atomic mass is 16.5. The van der Waals surface area contributed by atoms with Gasteiger partial charge < -0.3 is 19.5 Å². The Morgan fingerprint density at radius 1 is 1.29 bits per heavy atom. The van der Waals surface area contributed by atoms with Crippen LogP contribution in [0.4, 0.5) is 5.69 Å². The number of aliphatic hydroxyl groups is 1. The third kappa shape index (κ3) is 5.04. The van der Waals surface area contributed by atoms with Crippen LogP contribution in [0.15, 0.2) is 24.3 Å². The zero-order chi connectivity index (χ0) is 17.7. The molecule has 1 amide bonds. The minimum Gasteiger partial charge on any atom is -0.463 e. The fourth-order valence-electron chi connectivity index (χ4n) is 2.49. The van der Waals surface area contributed by atoms with E-state index in [-0.39, 0.29) is 31.6 Å². The Morgan fingerprint density at radius 3 is 2.58 bits per heavy atom. The van der Waals surface area contributed by atoms with Gasteiger partial charge in [0.2, 0.25) is 5.91 Å². The lowest BCUT2D eigenvalue weighted by atomic mass is 10.1. The number of anilines is 1. The molecule has 6 heteroatoms. The Bertz CT molecular complexity index is 569. The number of aliphatic hydroxyl groups excluding tert-OH is 1. The van der Waals surface area contributed by atoms with Crippen LogP contribution in [0, 0.1) is 12.8 Å². The lowest BCUT2D eigenvalue weighted by Gasteiger charge is -2.17. The van der Waals surface area contributed by atoms with Crippen LogP contribution in [0.5, 0.6) is 0 Å². The summed E-state index contributed by atoms with van der Waals surface area (Å²) in [5.41, 5.74) is 1.89. The summed E-state index contributed by atoms with van der Waals surface area (Å²) in [6, 6.07) is 7.60. The summed E-state index contributed by atoms with van der Waals surface area (Å²) in [6.07, 6.45) is -0.724. The molecule has 1 aromatic rings. The molecule has 0 spiro atoms. The van der Waals surface area contributed by atoms with Crippen molar-refractivity contribution in [1.82, 2.24) is 0 Å². The number of esters is 1. The maximum Gasteiger partial charge on any atom is 0.311 e. The van der Waals surface area contributed by atoms with E-state index >= 15 is 0 Å². The lowest BCUT2D eigenvalue weighted by Crippen LogP contribution is -2.29. The number of amides is 1. The van der Waals surface area contributed by atoms with E-state index in [2.05, 4.69) is 0 Å². The maximum atomic E-state index is 12.1. The van der Waals surface area contributed by atoms with E-state index in [0.29, 0.717) is 6.54 Å². The first-order valence-electron chi connectivity index (χ1n) is 8.20. The molecule has 0 saturated carbocycles. The lowest BCUT2D eigenvalue weighted by molar-refractivity contribution is -0.152. The number of hydrogen-bond acceptors (Lipinski definition) is 5. The molecule has 2 rings (SSSR count). The molecule has 2 atom stereocenters. The molecular weight excluding hydrogens is 310 g/mol. The molecule has 1 N–H and O–H groups in total. The smallest absolute Gasteiger partial charge is 0.311 e. The highest BCUT2D eigenvalue weighted by Gasteiger charge is 2.36. The number of ether oxygens (including phenoxy) is 2. The van der Waals surface area contributed by atoms with Crippen LogP contribution in [0.3, 0.4) is 0 Å². The number of aryl methyl sites for hydroxylation is 1. The summed E-state index contributed by atoms with van der Waals surface area (Å²) in [5.74, 6) is -1.05. The van der Waals surface area contributed by atoms with Gasteiger partial charge in [0.1, 0.15) is 12.7 Å². The highest BCUT2D eigenvalue weighted by molar-refractivity contribution is 5.99. The first-order chi connectivity index (χ1) is 11.4. The zero-order valence-electron chi connectivity index (χ0n) is 14.4. The molecule has 1 saturated heterocycles. The van der Waals surface area contributed by atoms with Crippen LogP contribution in [-0.4, -0.2) is 48.9 Å². The zero-order valence-corrected chi connectivity index (χ0v) is 14.4. The highest BCUT2D eigenvalue weighted by Crippen LogP contribution is 2.26. The minimum atomic E-state index is -0.860. The Balaban J connectivity index is 1.84. The van der Waals surface area contributed by atoms with Crippen LogP contribution >= 0.6 is 0 Å². The monoisotopic (exact) mass is 335 g/mol. The van der Waals surface area contributed by atoms with Gasteiger partial charge in [-0.1, -0.05) is 17.7 Å². The minimum absolute atomic E-state index is 0.00544. The molecule has 1 aromatic carbocycles. The van der Waals surface area contributed by atoms with Crippen LogP contribution in [0.2, 0.25) is 0 Å². The molecule has 0 aromatic heterocycles. The van der Waals surface area contributed by atoms with Gasteiger partial charge in [-0.3, -0.25) is 9.59 Å². The number of carbonyl (C=O) groups is 2. The van der Waals surface area contributed by atoms with Gasteiger partial charge in [-0.05, 0) is 32.9 Å². The first kappa shape index (κ1) is 18.4. The molecule has 0 aliphatic carbocycles. The predicted molar refractivity (Wildman–Crippen MR) is 89.7 cm³/mol. The quantitative estimate of drug-likeness (QED) is 0.767. The van der Waals surface area contributed by atoms with E-state index in [0.717, 1.165) is 11.3 Å². The summed E-state index contributed by atoms with van der Waals surface area (Å²) < 4.78 is 10.4.